The zero-order valence-corrected chi connectivity index (χ0v) is 13.0. The molecule has 0 radical (unpaired) electrons. The van der Waals surface area contributed by atoms with E-state index in [4.69, 9.17) is 5.11 Å². The highest BCUT2D eigenvalue weighted by Gasteiger charge is 2.48. The summed E-state index contributed by atoms with van der Waals surface area (Å²) in [5.41, 5.74) is 2.21. The van der Waals surface area contributed by atoms with Crippen LogP contribution >= 0.6 is 11.3 Å². The second kappa shape index (κ2) is 4.79. The smallest absolute Gasteiger partial charge is 0.352 e. The Morgan fingerprint density at radius 1 is 1.50 bits per heavy atom. The van der Waals surface area contributed by atoms with Crippen LogP contribution in [-0.4, -0.2) is 46.4 Å². The molecule has 3 aliphatic rings. The first-order valence-electron chi connectivity index (χ1n) is 7.33. The van der Waals surface area contributed by atoms with Crippen LogP contribution in [0, 0.1) is 0 Å². The monoisotopic (exact) mass is 316 g/mol. The highest BCUT2D eigenvalue weighted by Crippen LogP contribution is 2.40. The summed E-state index contributed by atoms with van der Waals surface area (Å²) in [6.07, 6.45) is 5.26. The van der Waals surface area contributed by atoms with E-state index in [1.165, 1.54) is 15.3 Å². The highest BCUT2D eigenvalue weighted by atomic mass is 32.1. The number of amides is 1. The van der Waals surface area contributed by atoms with Crippen LogP contribution in [0.25, 0.3) is 6.08 Å². The van der Waals surface area contributed by atoms with Crippen molar-refractivity contribution in [3.8, 4) is 0 Å². The van der Waals surface area contributed by atoms with Gasteiger partial charge in [0, 0.05) is 28.4 Å². The summed E-state index contributed by atoms with van der Waals surface area (Å²) in [5.74, 6) is -1.19. The van der Waals surface area contributed by atoms with Gasteiger partial charge in [0.1, 0.15) is 5.70 Å². The number of thiophene rings is 1. The molecule has 6 heteroatoms. The van der Waals surface area contributed by atoms with E-state index in [1.54, 1.807) is 17.4 Å². The third kappa shape index (κ3) is 1.94. The molecule has 0 bridgehead atoms. The fourth-order valence-electron chi connectivity index (χ4n) is 3.40. The number of likely N-dealkylation sites (N-methyl/N-ethyl adjacent to an activating group) is 1. The number of nitrogens with zero attached hydrogens (tertiary/aromatic N) is 2. The van der Waals surface area contributed by atoms with Crippen LogP contribution in [0.4, 0.5) is 0 Å². The van der Waals surface area contributed by atoms with Crippen LogP contribution in [0.5, 0.6) is 0 Å². The molecule has 1 aromatic rings. The molecule has 4 rings (SSSR count). The average Bonchev–Trinajstić information content (AvgIpc) is 3.05. The van der Waals surface area contributed by atoms with E-state index < -0.39 is 5.97 Å². The van der Waals surface area contributed by atoms with Gasteiger partial charge in [0.15, 0.2) is 0 Å². The van der Waals surface area contributed by atoms with Gasteiger partial charge in [0.25, 0.3) is 5.91 Å². The number of β-lactam (4-membered cyclic amide) rings is 1. The van der Waals surface area contributed by atoms with Gasteiger partial charge in [-0.05, 0) is 37.6 Å². The van der Waals surface area contributed by atoms with E-state index in [0.717, 1.165) is 30.0 Å². The first kappa shape index (κ1) is 13.7. The fourth-order valence-corrected chi connectivity index (χ4v) is 4.52. The van der Waals surface area contributed by atoms with Crippen LogP contribution in [0.3, 0.4) is 0 Å². The molecule has 1 aromatic heterocycles. The van der Waals surface area contributed by atoms with Gasteiger partial charge in [-0.1, -0.05) is 6.08 Å². The van der Waals surface area contributed by atoms with Crippen molar-refractivity contribution in [3.05, 3.63) is 38.7 Å². The number of hydrogen-bond donors (Lipinski definition) is 1. The Morgan fingerprint density at radius 2 is 2.32 bits per heavy atom. The number of carbonyl (C=O) groups is 2. The van der Waals surface area contributed by atoms with Crippen molar-refractivity contribution in [2.45, 2.75) is 25.4 Å². The lowest BCUT2D eigenvalue weighted by molar-refractivity contribution is -0.142. The van der Waals surface area contributed by atoms with Gasteiger partial charge in [-0.2, -0.15) is 0 Å². The number of carbonyl (C=O) groups excluding carboxylic acids is 1. The summed E-state index contributed by atoms with van der Waals surface area (Å²) in [4.78, 5) is 29.5. The Labute approximate surface area is 132 Å². The normalized spacial score (nSPS) is 25.8. The summed E-state index contributed by atoms with van der Waals surface area (Å²) in [6.45, 7) is 2.04. The second-order valence-electron chi connectivity index (χ2n) is 6.01. The summed E-state index contributed by atoms with van der Waals surface area (Å²) < 4.78 is 0. The molecule has 0 spiro atoms. The Morgan fingerprint density at radius 3 is 3.09 bits per heavy atom. The zero-order chi connectivity index (χ0) is 15.4. The van der Waals surface area contributed by atoms with Crippen molar-refractivity contribution in [1.29, 1.82) is 0 Å². The van der Waals surface area contributed by atoms with Gasteiger partial charge < -0.3 is 10.0 Å². The molecular weight excluding hydrogens is 300 g/mol. The lowest BCUT2D eigenvalue weighted by atomic mass is 9.94. The maximum absolute atomic E-state index is 12.2. The molecule has 1 atom stereocenters. The highest BCUT2D eigenvalue weighted by molar-refractivity contribution is 7.13. The largest absolute Gasteiger partial charge is 0.477 e. The second-order valence-corrected chi connectivity index (χ2v) is 7.17. The van der Waals surface area contributed by atoms with Gasteiger partial charge in [0.2, 0.25) is 0 Å². The third-order valence-corrected chi connectivity index (χ3v) is 5.71. The minimum Gasteiger partial charge on any atom is -0.477 e. The van der Waals surface area contributed by atoms with Gasteiger partial charge in [-0.3, -0.25) is 9.69 Å². The van der Waals surface area contributed by atoms with E-state index >= 15 is 0 Å². The number of rotatable bonds is 2. The molecule has 4 heterocycles. The van der Waals surface area contributed by atoms with Crippen LogP contribution in [-0.2, 0) is 22.6 Å². The van der Waals surface area contributed by atoms with Gasteiger partial charge >= 0.3 is 5.97 Å². The average molecular weight is 316 g/mol. The SMILES string of the molecule is CN1CCc2sc(C=C3C(=O)N4C(C(=O)O)=CCC34)cc2C1. The topological polar surface area (TPSA) is 60.9 Å². The Hall–Kier alpha value is -1.92. The standard InChI is InChI=1S/C16H16N2O3S/c1-17-5-4-14-9(8-17)6-10(22-14)7-11-12-2-3-13(16(20)21)18(12)15(11)19/h3,6-7,12H,2,4-5,8H2,1H3,(H,20,21). The molecule has 114 valence electrons. The van der Waals surface area contributed by atoms with Crippen molar-refractivity contribution in [2.75, 3.05) is 13.6 Å². The van der Waals surface area contributed by atoms with Gasteiger partial charge in [-0.25, -0.2) is 4.79 Å². The Balaban J connectivity index is 1.59. The van der Waals surface area contributed by atoms with Crippen LogP contribution in [0.1, 0.15) is 21.7 Å². The van der Waals surface area contributed by atoms with Crippen molar-refractivity contribution in [1.82, 2.24) is 9.80 Å². The van der Waals surface area contributed by atoms with Crippen molar-refractivity contribution < 1.29 is 14.7 Å². The van der Waals surface area contributed by atoms with Crippen LogP contribution < -0.4 is 0 Å². The minimum absolute atomic E-state index is 0.0830. The molecule has 5 nitrogen and oxygen atoms in total. The predicted molar refractivity (Wildman–Crippen MR) is 83.3 cm³/mol. The van der Waals surface area contributed by atoms with Crippen molar-refractivity contribution >= 4 is 29.3 Å². The van der Waals surface area contributed by atoms with E-state index in [9.17, 15) is 9.59 Å². The number of carboxylic acid groups (broad SMARTS) is 1. The fraction of sp³-hybridized carbons (Fsp3) is 0.375. The zero-order valence-electron chi connectivity index (χ0n) is 12.2. The molecule has 1 unspecified atom stereocenters. The molecule has 0 aromatic carbocycles. The molecule has 0 saturated carbocycles. The molecule has 0 aliphatic carbocycles. The predicted octanol–water partition coefficient (Wildman–Crippen LogP) is 1.70. The lowest BCUT2D eigenvalue weighted by Gasteiger charge is -2.38. The molecule has 1 N–H and O–H groups in total. The summed E-state index contributed by atoms with van der Waals surface area (Å²) in [7, 11) is 2.11. The molecule has 1 saturated heterocycles. The van der Waals surface area contributed by atoms with Crippen molar-refractivity contribution in [3.63, 3.8) is 0 Å². The minimum atomic E-state index is -1.02. The molecule has 1 fully saturated rings. The van der Waals surface area contributed by atoms with Gasteiger partial charge in [0.05, 0.1) is 6.04 Å². The van der Waals surface area contributed by atoms with E-state index in [2.05, 4.69) is 18.0 Å². The summed E-state index contributed by atoms with van der Waals surface area (Å²) in [5, 5.41) is 9.08. The number of hydrogen-bond acceptors (Lipinski definition) is 4. The number of carboxylic acids is 1. The Bertz CT molecular complexity index is 747. The third-order valence-electron chi connectivity index (χ3n) is 4.52. The Kier molecular flexibility index (Phi) is 2.99. The summed E-state index contributed by atoms with van der Waals surface area (Å²) >= 11 is 1.75. The number of fused-ring (bicyclic) bond motifs is 2. The molecule has 1 amide bonds. The first-order chi connectivity index (χ1) is 10.5. The maximum Gasteiger partial charge on any atom is 0.352 e. The molecule has 22 heavy (non-hydrogen) atoms. The van der Waals surface area contributed by atoms with Crippen molar-refractivity contribution in [2.24, 2.45) is 0 Å². The molecule has 3 aliphatic heterocycles. The quantitative estimate of drug-likeness (QED) is 0.666. The molecular formula is C16H16N2O3S. The van der Waals surface area contributed by atoms with E-state index in [-0.39, 0.29) is 17.6 Å². The van der Waals surface area contributed by atoms with E-state index in [1.807, 2.05) is 6.08 Å². The number of aliphatic carboxylic acids is 1. The van der Waals surface area contributed by atoms with Crippen LogP contribution in [0.15, 0.2) is 23.4 Å². The van der Waals surface area contributed by atoms with Gasteiger partial charge in [-0.15, -0.1) is 11.3 Å². The maximum atomic E-state index is 12.2. The lowest BCUT2D eigenvalue weighted by Crippen LogP contribution is -2.52. The first-order valence-corrected chi connectivity index (χ1v) is 8.15. The van der Waals surface area contributed by atoms with Crippen LogP contribution in [0.2, 0.25) is 0 Å². The van der Waals surface area contributed by atoms with E-state index in [0.29, 0.717) is 6.42 Å². The summed E-state index contributed by atoms with van der Waals surface area (Å²) in [6, 6.07) is 2.08.